The maximum Gasteiger partial charge on any atom is 0.340 e. The molecule has 0 radical (unpaired) electrons. The number of benzene rings is 1. The van der Waals surface area contributed by atoms with Gasteiger partial charge in [-0.25, -0.2) is 8.42 Å². The van der Waals surface area contributed by atoms with Gasteiger partial charge in [0.1, 0.15) is 15.0 Å². The van der Waals surface area contributed by atoms with Gasteiger partial charge in [-0.3, -0.25) is 0 Å². The minimum Gasteiger partial charge on any atom is -0.744 e. The quantitative estimate of drug-likeness (QED) is 0.657. The van der Waals surface area contributed by atoms with Crippen molar-refractivity contribution >= 4 is 22.1 Å². The molecule has 5 nitrogen and oxygen atoms in total. The molecule has 0 bridgehead atoms. The third-order valence-corrected chi connectivity index (χ3v) is 4.82. The molecule has 0 aliphatic carbocycles. The van der Waals surface area contributed by atoms with E-state index >= 15 is 0 Å². The third-order valence-electron chi connectivity index (χ3n) is 3.95. The van der Waals surface area contributed by atoms with Crippen LogP contribution in [0.2, 0.25) is 0 Å². The Hall–Kier alpha value is -1.50. The normalized spacial score (nSPS) is 18.3. The maximum absolute atomic E-state index is 11.7. The predicted molar refractivity (Wildman–Crippen MR) is 89.0 cm³/mol. The first-order valence-electron chi connectivity index (χ1n) is 7.89. The molecule has 2 rings (SSSR count). The first-order valence-corrected chi connectivity index (χ1v) is 9.30. The van der Waals surface area contributed by atoms with Crippen LogP contribution in [0.15, 0.2) is 35.5 Å². The molecule has 1 aromatic carbocycles. The Bertz CT molecular complexity index is 744. The summed E-state index contributed by atoms with van der Waals surface area (Å²) in [4.78, 5) is 0.620. The van der Waals surface area contributed by atoms with Crippen LogP contribution in [0.5, 0.6) is 0 Å². The first-order chi connectivity index (χ1) is 10.6. The van der Waals surface area contributed by atoms with Crippen molar-refractivity contribution in [1.29, 1.82) is 0 Å². The van der Waals surface area contributed by atoms with E-state index in [2.05, 4.69) is 6.92 Å². The lowest BCUT2D eigenvalue weighted by Gasteiger charge is -2.21. The lowest BCUT2D eigenvalue weighted by atomic mass is 9.87. The average molecular weight is 337 g/mol. The smallest absolute Gasteiger partial charge is 0.340 e. The van der Waals surface area contributed by atoms with Crippen molar-refractivity contribution in [2.45, 2.75) is 50.8 Å². The van der Waals surface area contributed by atoms with Crippen molar-refractivity contribution in [2.24, 2.45) is 0 Å². The number of hydrogen-bond donors (Lipinski definition) is 1. The van der Waals surface area contributed by atoms with E-state index in [0.717, 1.165) is 29.8 Å². The highest BCUT2D eigenvalue weighted by Crippen LogP contribution is 2.27. The second-order valence-electron chi connectivity index (χ2n) is 6.91. The first kappa shape index (κ1) is 17.8. The van der Waals surface area contributed by atoms with Crippen molar-refractivity contribution < 1.29 is 22.4 Å². The van der Waals surface area contributed by atoms with Gasteiger partial charge in [0.25, 0.3) is 0 Å². The molecule has 1 unspecified atom stereocenters. The van der Waals surface area contributed by atoms with Gasteiger partial charge in [-0.1, -0.05) is 40.2 Å². The number of nitrogens with zero attached hydrogens (tertiary/aromatic N) is 1. The SMILES string of the molecule is CCCC[N+]1=C[NH+](c2ccc(C(C)(C)C)cc2S(=O)(=O)[O-])C=C1. The Morgan fingerprint density at radius 2 is 1.96 bits per heavy atom. The van der Waals surface area contributed by atoms with Gasteiger partial charge in [0.05, 0.1) is 0 Å². The summed E-state index contributed by atoms with van der Waals surface area (Å²) < 4.78 is 37.2. The Morgan fingerprint density at radius 3 is 2.52 bits per heavy atom. The Morgan fingerprint density at radius 1 is 1.26 bits per heavy atom. The largest absolute Gasteiger partial charge is 0.744 e. The molecule has 0 aromatic heterocycles. The van der Waals surface area contributed by atoms with E-state index in [4.69, 9.17) is 0 Å². The van der Waals surface area contributed by atoms with Gasteiger partial charge >= 0.3 is 6.34 Å². The standard InChI is InChI=1S/C17H24N2O3S/c1-5-6-9-18-10-11-19(13-18)15-8-7-14(17(2,3)4)12-16(15)23(20,21)22/h7-8,10-13H,5-6,9H2,1-4H3/p+1. The molecule has 126 valence electrons. The molecule has 0 fully saturated rings. The minimum absolute atomic E-state index is 0.141. The van der Waals surface area contributed by atoms with Gasteiger partial charge in [-0.15, -0.1) is 0 Å². The van der Waals surface area contributed by atoms with E-state index in [-0.39, 0.29) is 10.3 Å². The van der Waals surface area contributed by atoms with E-state index in [0.29, 0.717) is 5.69 Å². The van der Waals surface area contributed by atoms with Gasteiger partial charge in [0, 0.05) is 12.5 Å². The summed E-state index contributed by atoms with van der Waals surface area (Å²) in [6, 6.07) is 5.15. The van der Waals surface area contributed by atoms with Gasteiger partial charge < -0.3 is 4.55 Å². The third kappa shape index (κ3) is 4.28. The number of hydrogen-bond acceptors (Lipinski definition) is 3. The van der Waals surface area contributed by atoms with Crippen molar-refractivity contribution in [1.82, 2.24) is 0 Å². The zero-order chi connectivity index (χ0) is 17.3. The average Bonchev–Trinajstić information content (AvgIpc) is 2.91. The molecule has 1 aromatic rings. The van der Waals surface area contributed by atoms with Crippen LogP contribution in [0.3, 0.4) is 0 Å². The monoisotopic (exact) mass is 337 g/mol. The predicted octanol–water partition coefficient (Wildman–Crippen LogP) is 1.73. The summed E-state index contributed by atoms with van der Waals surface area (Å²) in [5.41, 5.74) is 1.09. The molecule has 0 amide bonds. The van der Waals surface area contributed by atoms with E-state index in [1.165, 1.54) is 6.07 Å². The number of nitrogens with one attached hydrogen (secondary N) is 1. The number of quaternary nitrogens is 1. The summed E-state index contributed by atoms with van der Waals surface area (Å²) in [7, 11) is -4.53. The summed E-state index contributed by atoms with van der Waals surface area (Å²) in [5, 5.41) is 0. The van der Waals surface area contributed by atoms with E-state index in [9.17, 15) is 13.0 Å². The van der Waals surface area contributed by atoms with Crippen LogP contribution in [-0.2, 0) is 15.5 Å². The van der Waals surface area contributed by atoms with E-state index in [1.54, 1.807) is 6.07 Å². The van der Waals surface area contributed by atoms with Gasteiger partial charge in [-0.2, -0.15) is 9.48 Å². The summed E-state index contributed by atoms with van der Waals surface area (Å²) >= 11 is 0. The summed E-state index contributed by atoms with van der Waals surface area (Å²) in [6.45, 7) is 8.98. The molecule has 1 aliphatic rings. The fourth-order valence-electron chi connectivity index (χ4n) is 2.51. The van der Waals surface area contributed by atoms with Crippen LogP contribution >= 0.6 is 0 Å². The molecule has 23 heavy (non-hydrogen) atoms. The molecule has 0 saturated carbocycles. The van der Waals surface area contributed by atoms with Crippen molar-refractivity contribution in [3.05, 3.63) is 36.2 Å². The number of rotatable bonds is 5. The Labute approximate surface area is 138 Å². The van der Waals surface area contributed by atoms with E-state index < -0.39 is 10.1 Å². The van der Waals surface area contributed by atoms with E-state index in [1.807, 2.05) is 50.2 Å². The number of unbranched alkanes of at least 4 members (excludes halogenated alkanes) is 1. The molecule has 6 heteroatoms. The molecular formula is C17H25N2O3S+. The van der Waals surface area contributed by atoms with Gasteiger partial charge in [0.2, 0.25) is 6.20 Å². The van der Waals surface area contributed by atoms with Crippen molar-refractivity contribution in [3.63, 3.8) is 0 Å². The van der Waals surface area contributed by atoms with Crippen LogP contribution < -0.4 is 4.90 Å². The molecule has 1 aliphatic heterocycles. The van der Waals surface area contributed by atoms with Crippen LogP contribution in [0.1, 0.15) is 46.1 Å². The van der Waals surface area contributed by atoms with Crippen LogP contribution in [0.4, 0.5) is 5.69 Å². The highest BCUT2D eigenvalue weighted by molar-refractivity contribution is 7.85. The zero-order valence-corrected chi connectivity index (χ0v) is 15.0. The molecular weight excluding hydrogens is 312 g/mol. The lowest BCUT2D eigenvalue weighted by molar-refractivity contribution is -0.676. The lowest BCUT2D eigenvalue weighted by Crippen LogP contribution is -3.01. The maximum atomic E-state index is 11.7. The second-order valence-corrected chi connectivity index (χ2v) is 8.25. The fraction of sp³-hybridized carbons (Fsp3) is 0.471. The second kappa shape index (κ2) is 6.55. The van der Waals surface area contributed by atoms with Crippen molar-refractivity contribution in [2.75, 3.05) is 6.54 Å². The zero-order valence-electron chi connectivity index (χ0n) is 14.2. The Balaban J connectivity index is 2.44. The van der Waals surface area contributed by atoms with Crippen LogP contribution in [-0.4, -0.2) is 30.4 Å². The molecule has 1 heterocycles. The molecule has 1 N–H and O–H groups in total. The van der Waals surface area contributed by atoms with Crippen LogP contribution in [0, 0.1) is 0 Å². The van der Waals surface area contributed by atoms with Gasteiger partial charge in [-0.05, 0) is 17.0 Å². The molecule has 0 saturated heterocycles. The van der Waals surface area contributed by atoms with Gasteiger partial charge in [0.15, 0.2) is 18.4 Å². The summed E-state index contributed by atoms with van der Waals surface area (Å²) in [5.74, 6) is 0. The molecule has 0 spiro atoms. The molecule has 1 atom stereocenters. The topological polar surface area (TPSA) is 64.7 Å². The minimum atomic E-state index is -4.53. The Kier molecular flexibility index (Phi) is 5.08. The van der Waals surface area contributed by atoms with Crippen LogP contribution in [0.25, 0.3) is 0 Å². The fourth-order valence-corrected chi connectivity index (χ4v) is 3.24. The van der Waals surface area contributed by atoms with Crippen molar-refractivity contribution in [3.8, 4) is 0 Å². The highest BCUT2D eigenvalue weighted by atomic mass is 32.2. The highest BCUT2D eigenvalue weighted by Gasteiger charge is 2.27. The summed E-state index contributed by atoms with van der Waals surface area (Å²) in [6.07, 6.45) is 7.83.